The first-order valence-corrected chi connectivity index (χ1v) is 19.0. The molecule has 0 saturated carbocycles. The minimum atomic E-state index is -1.30. The van der Waals surface area contributed by atoms with Gasteiger partial charge in [-0.3, -0.25) is 0 Å². The fraction of sp³-hybridized carbons (Fsp3) is 0.250. The lowest BCUT2D eigenvalue weighted by Gasteiger charge is -2.30. The lowest BCUT2D eigenvalue weighted by Crippen LogP contribution is -2.13. The van der Waals surface area contributed by atoms with Gasteiger partial charge in [0.15, 0.2) is 0 Å². The van der Waals surface area contributed by atoms with Gasteiger partial charge in [0.05, 0.1) is 22.3 Å². The van der Waals surface area contributed by atoms with E-state index in [0.717, 1.165) is 27.8 Å². The second kappa shape index (κ2) is 15.5. The fourth-order valence-corrected chi connectivity index (χ4v) is 8.97. The predicted molar refractivity (Wildman–Crippen MR) is 233 cm³/mol. The summed E-state index contributed by atoms with van der Waals surface area (Å²) in [6, 6.07) is 21.1. The summed E-state index contributed by atoms with van der Waals surface area (Å²) in [6.07, 6.45) is 0. The highest BCUT2D eigenvalue weighted by molar-refractivity contribution is 6.42. The zero-order chi connectivity index (χ0) is 40.7. The molecule has 0 atom stereocenters. The zero-order valence-corrected chi connectivity index (χ0v) is 34.1. The van der Waals surface area contributed by atoms with Crippen LogP contribution in [0.3, 0.4) is 0 Å². The minimum Gasteiger partial charge on any atom is -0.478 e. The van der Waals surface area contributed by atoms with Gasteiger partial charge >= 0.3 is 23.9 Å². The number of fused-ring (bicyclic) bond motifs is 2. The minimum absolute atomic E-state index is 0. The molecule has 0 aliphatic rings. The van der Waals surface area contributed by atoms with Gasteiger partial charge in [0.1, 0.15) is 0 Å². The van der Waals surface area contributed by atoms with Gasteiger partial charge in [-0.25, -0.2) is 19.2 Å². The average molecular weight is 783 g/mol. The van der Waals surface area contributed by atoms with Crippen LogP contribution < -0.4 is 12.3 Å². The molecule has 7 rings (SSSR count). The van der Waals surface area contributed by atoms with Crippen LogP contribution in [0.2, 0.25) is 0 Å². The molecule has 58 heavy (non-hydrogen) atoms. The summed E-state index contributed by atoms with van der Waals surface area (Å²) in [5, 5.41) is 46.3. The Labute approximate surface area is 336 Å². The van der Waals surface area contributed by atoms with Gasteiger partial charge in [-0.15, -0.1) is 0 Å². The summed E-state index contributed by atoms with van der Waals surface area (Å²) in [4.78, 5) is 53.2. The number of hydrogen-bond acceptors (Lipinski definition) is 6. The monoisotopic (exact) mass is 782 g/mol. The maximum atomic E-state index is 14.2. The van der Waals surface area contributed by atoms with Crippen molar-refractivity contribution in [2.75, 3.05) is 0 Å². The highest BCUT2D eigenvalue weighted by atomic mass is 16.4. The molecule has 0 aromatic heterocycles. The molecule has 0 heterocycles. The molecule has 7 aromatic rings. The smallest absolute Gasteiger partial charge is 0.337 e. The quantitative estimate of drug-likeness (QED) is 0.0569. The molecule has 0 amide bonds. The molecular formula is C48H50N2O8. The van der Waals surface area contributed by atoms with E-state index in [4.69, 9.17) is 0 Å². The Kier molecular flexibility index (Phi) is 11.5. The molecular weight excluding hydrogens is 733 g/mol. The summed E-state index contributed by atoms with van der Waals surface area (Å²) in [5.41, 5.74) is 5.51. The molecule has 0 radical (unpaired) electrons. The first-order valence-electron chi connectivity index (χ1n) is 19.0. The SMILES string of the molecule is CC(C)c1cccc(C(C)C)c1-c1c(C(=O)O)c2c(C(=O)O)ccc3c4ccc(C(=O)O)c5c(C(=O)O)ccc(c(c1-c1c(C(C)C)cccc1C(C)C)c23)c54.N.N. The van der Waals surface area contributed by atoms with E-state index in [1.54, 1.807) is 18.2 Å². The van der Waals surface area contributed by atoms with Gasteiger partial charge in [0, 0.05) is 16.3 Å². The normalized spacial score (nSPS) is 11.7. The molecule has 10 N–H and O–H groups in total. The van der Waals surface area contributed by atoms with Crippen LogP contribution >= 0.6 is 0 Å². The number of benzene rings is 7. The summed E-state index contributed by atoms with van der Waals surface area (Å²) < 4.78 is 0. The molecule has 0 spiro atoms. The van der Waals surface area contributed by atoms with E-state index >= 15 is 0 Å². The molecule has 7 aromatic carbocycles. The van der Waals surface area contributed by atoms with Crippen LogP contribution in [0.15, 0.2) is 72.8 Å². The molecule has 300 valence electrons. The Morgan fingerprint density at radius 1 is 0.362 bits per heavy atom. The van der Waals surface area contributed by atoms with Crippen molar-refractivity contribution in [3.05, 3.63) is 117 Å². The molecule has 0 aliphatic carbocycles. The van der Waals surface area contributed by atoms with Crippen molar-refractivity contribution in [1.82, 2.24) is 12.3 Å². The second-order valence-electron chi connectivity index (χ2n) is 15.9. The average Bonchev–Trinajstić information content (AvgIpc) is 3.14. The van der Waals surface area contributed by atoms with Crippen molar-refractivity contribution in [1.29, 1.82) is 0 Å². The summed E-state index contributed by atoms with van der Waals surface area (Å²) in [5.74, 6) is -5.38. The number of aromatic carboxylic acids is 4. The summed E-state index contributed by atoms with van der Waals surface area (Å²) in [7, 11) is 0. The lowest BCUT2D eigenvalue weighted by atomic mass is 9.72. The summed E-state index contributed by atoms with van der Waals surface area (Å²) >= 11 is 0. The number of hydrogen-bond donors (Lipinski definition) is 6. The molecule has 10 nitrogen and oxygen atoms in total. The van der Waals surface area contributed by atoms with Crippen molar-refractivity contribution in [3.8, 4) is 22.3 Å². The molecule has 0 bridgehead atoms. The van der Waals surface area contributed by atoms with E-state index in [1.807, 2.05) is 64.1 Å². The molecule has 0 aliphatic heterocycles. The Balaban J connectivity index is 0.00000320. The van der Waals surface area contributed by atoms with E-state index in [-0.39, 0.29) is 69.0 Å². The Bertz CT molecular complexity index is 2760. The predicted octanol–water partition coefficient (Wildman–Crippen LogP) is 12.7. The molecule has 0 unspecified atom stereocenters. The van der Waals surface area contributed by atoms with Crippen LogP contribution in [0.4, 0.5) is 0 Å². The number of carbonyl (C=O) groups is 4. The van der Waals surface area contributed by atoms with Crippen molar-refractivity contribution < 1.29 is 39.6 Å². The maximum absolute atomic E-state index is 14.2. The zero-order valence-electron chi connectivity index (χ0n) is 34.1. The van der Waals surface area contributed by atoms with Gasteiger partial charge in [0.2, 0.25) is 0 Å². The standard InChI is InChI=1S/C48H44O8.2H3N/c1-21(2)25-11-9-12-26(22(3)4)35(25)42-40-31-17-20-33(46(51)52)38-32(45(49)50)18-15-29(37(31)38)30-16-19-34(47(53)54)41(39(30)40)44(48(55)56)43(42)36-27(23(5)6)13-10-14-28(36)24(7)8;;/h9-24H,1-8H3,(H,49,50)(H,51,52)(H,53,54)(H,55,56);2*1H3. The largest absolute Gasteiger partial charge is 0.478 e. The van der Waals surface area contributed by atoms with Gasteiger partial charge in [-0.1, -0.05) is 110 Å². The first-order chi connectivity index (χ1) is 26.5. The highest BCUT2D eigenvalue weighted by Gasteiger charge is 2.35. The van der Waals surface area contributed by atoms with Gasteiger partial charge < -0.3 is 32.7 Å². The van der Waals surface area contributed by atoms with E-state index in [1.165, 1.54) is 18.2 Å². The van der Waals surface area contributed by atoms with Crippen molar-refractivity contribution in [3.63, 3.8) is 0 Å². The third-order valence-corrected chi connectivity index (χ3v) is 11.3. The van der Waals surface area contributed by atoms with Crippen LogP contribution in [0.5, 0.6) is 0 Å². The van der Waals surface area contributed by atoms with Crippen molar-refractivity contribution >= 4 is 67.0 Å². The maximum Gasteiger partial charge on any atom is 0.337 e. The third-order valence-electron chi connectivity index (χ3n) is 11.3. The Hall–Kier alpha value is -6.36. The third kappa shape index (κ3) is 6.29. The van der Waals surface area contributed by atoms with Gasteiger partial charge in [0.25, 0.3) is 0 Å². The lowest BCUT2D eigenvalue weighted by molar-refractivity contribution is 0.0681. The highest BCUT2D eigenvalue weighted by Crippen LogP contribution is 2.55. The molecule has 0 saturated heterocycles. The van der Waals surface area contributed by atoms with Crippen molar-refractivity contribution in [2.24, 2.45) is 0 Å². The van der Waals surface area contributed by atoms with Gasteiger partial charge in [-0.2, -0.15) is 0 Å². The molecule has 0 fully saturated rings. The van der Waals surface area contributed by atoms with E-state index < -0.39 is 23.9 Å². The van der Waals surface area contributed by atoms with E-state index in [9.17, 15) is 39.6 Å². The van der Waals surface area contributed by atoms with Gasteiger partial charge in [-0.05, 0) is 113 Å². The topological polar surface area (TPSA) is 219 Å². The number of carboxylic acid groups (broad SMARTS) is 4. The van der Waals surface area contributed by atoms with Crippen LogP contribution in [0, 0.1) is 0 Å². The number of carboxylic acids is 4. The number of rotatable bonds is 10. The molecule has 10 heteroatoms. The Morgan fingerprint density at radius 2 is 0.707 bits per heavy atom. The van der Waals surface area contributed by atoms with Crippen LogP contribution in [-0.2, 0) is 0 Å². The van der Waals surface area contributed by atoms with Crippen molar-refractivity contribution in [2.45, 2.75) is 79.1 Å². The van der Waals surface area contributed by atoms with Crippen LogP contribution in [-0.4, -0.2) is 44.3 Å². The Morgan fingerprint density at radius 3 is 1.07 bits per heavy atom. The van der Waals surface area contributed by atoms with E-state index in [2.05, 4.69) is 27.7 Å². The summed E-state index contributed by atoms with van der Waals surface area (Å²) in [6.45, 7) is 16.5. The van der Waals surface area contributed by atoms with Crippen LogP contribution in [0.1, 0.15) is 143 Å². The van der Waals surface area contributed by atoms with E-state index in [0.29, 0.717) is 49.0 Å². The first kappa shape index (κ1) is 42.8. The second-order valence-corrected chi connectivity index (χ2v) is 15.9. The fourth-order valence-electron chi connectivity index (χ4n) is 8.97. The van der Waals surface area contributed by atoms with Crippen LogP contribution in [0.25, 0.3) is 65.3 Å².